The Morgan fingerprint density at radius 2 is 1.77 bits per heavy atom. The molecule has 3 rings (SSSR count). The van der Waals surface area contributed by atoms with Crippen LogP contribution >= 0.6 is 0 Å². The molecule has 2 aromatic carbocycles. The van der Waals surface area contributed by atoms with Crippen molar-refractivity contribution in [1.82, 2.24) is 4.98 Å². The molecule has 0 radical (unpaired) electrons. The lowest BCUT2D eigenvalue weighted by Gasteiger charge is -2.13. The Morgan fingerprint density at radius 3 is 2.46 bits per heavy atom. The molecule has 7 heteroatoms. The number of hydrogen-bond acceptors (Lipinski definition) is 4. The number of ether oxygens (including phenoxy) is 1. The van der Waals surface area contributed by atoms with Gasteiger partial charge in [-0.2, -0.15) is 0 Å². The number of carbonyl (C=O) groups excluding carboxylic acids is 3. The van der Waals surface area contributed by atoms with E-state index in [2.05, 4.69) is 10.3 Å². The van der Waals surface area contributed by atoms with E-state index in [1.54, 1.807) is 24.4 Å². The molecule has 0 aliphatic rings. The number of aromatic nitrogens is 1. The summed E-state index contributed by atoms with van der Waals surface area (Å²) >= 11 is 0. The summed E-state index contributed by atoms with van der Waals surface area (Å²) in [6, 6.07) is 13.4. The first kappa shape index (κ1) is 17.2. The van der Waals surface area contributed by atoms with E-state index < -0.39 is 23.9 Å². The Kier molecular flexibility index (Phi) is 4.70. The fraction of sp³-hybridized carbons (Fsp3) is 0.105. The summed E-state index contributed by atoms with van der Waals surface area (Å²) in [5.41, 5.74) is 7.15. The van der Waals surface area contributed by atoms with E-state index in [4.69, 9.17) is 10.5 Å². The molecule has 0 aliphatic carbocycles. The van der Waals surface area contributed by atoms with Crippen LogP contribution in [0, 0.1) is 0 Å². The van der Waals surface area contributed by atoms with Crippen molar-refractivity contribution < 1.29 is 19.1 Å². The molecule has 2 amide bonds. The van der Waals surface area contributed by atoms with Crippen molar-refractivity contribution in [3.05, 3.63) is 65.9 Å². The number of benzene rings is 2. The van der Waals surface area contributed by atoms with Crippen LogP contribution in [0.3, 0.4) is 0 Å². The van der Waals surface area contributed by atoms with Gasteiger partial charge >= 0.3 is 5.97 Å². The molecule has 0 bridgehead atoms. The number of fused-ring (bicyclic) bond motifs is 1. The van der Waals surface area contributed by atoms with Gasteiger partial charge in [-0.15, -0.1) is 0 Å². The first-order chi connectivity index (χ1) is 12.5. The minimum absolute atomic E-state index is 0.335. The van der Waals surface area contributed by atoms with Crippen molar-refractivity contribution in [3.63, 3.8) is 0 Å². The van der Waals surface area contributed by atoms with Crippen LogP contribution in [0.1, 0.15) is 27.6 Å². The number of carbonyl (C=O) groups is 3. The largest absolute Gasteiger partial charge is 0.449 e. The first-order valence-corrected chi connectivity index (χ1v) is 7.93. The van der Waals surface area contributed by atoms with Crippen molar-refractivity contribution in [2.24, 2.45) is 5.73 Å². The number of rotatable bonds is 5. The zero-order valence-corrected chi connectivity index (χ0v) is 14.0. The quantitative estimate of drug-likeness (QED) is 0.613. The predicted octanol–water partition coefficient (Wildman–Crippen LogP) is 2.45. The minimum atomic E-state index is -0.994. The Morgan fingerprint density at radius 1 is 1.08 bits per heavy atom. The Bertz CT molecular complexity index is 976. The highest BCUT2D eigenvalue weighted by molar-refractivity contribution is 6.05. The van der Waals surface area contributed by atoms with Crippen molar-refractivity contribution in [2.45, 2.75) is 13.0 Å². The third kappa shape index (κ3) is 3.56. The molecule has 0 fully saturated rings. The molecular formula is C19H17N3O4. The Hall–Kier alpha value is -3.61. The van der Waals surface area contributed by atoms with Gasteiger partial charge in [0.2, 0.25) is 5.91 Å². The molecule has 0 aliphatic heterocycles. The summed E-state index contributed by atoms with van der Waals surface area (Å²) < 4.78 is 5.25. The van der Waals surface area contributed by atoms with Crippen molar-refractivity contribution in [1.29, 1.82) is 0 Å². The summed E-state index contributed by atoms with van der Waals surface area (Å²) in [7, 11) is 0. The smallest absolute Gasteiger partial charge is 0.341 e. The fourth-order valence-electron chi connectivity index (χ4n) is 2.48. The minimum Gasteiger partial charge on any atom is -0.449 e. The number of nitrogens with two attached hydrogens (primary N) is 1. The average Bonchev–Trinajstić information content (AvgIpc) is 3.06. The molecule has 0 spiro atoms. The maximum absolute atomic E-state index is 12.3. The third-order valence-electron chi connectivity index (χ3n) is 3.90. The standard InChI is InChI=1S/C19H17N3O4/c1-11(18(24)22-13-8-6-12(7-9-13)17(20)23)26-19(25)15-10-21-16-5-3-2-4-14(15)16/h2-11,21H,1H3,(H2,20,23)(H,22,24)/t11-/m1/s1. The van der Waals surface area contributed by atoms with Gasteiger partial charge in [0.1, 0.15) is 0 Å². The van der Waals surface area contributed by atoms with Gasteiger partial charge in [-0.3, -0.25) is 9.59 Å². The average molecular weight is 351 g/mol. The van der Waals surface area contributed by atoms with E-state index in [1.807, 2.05) is 18.2 Å². The number of nitrogens with one attached hydrogen (secondary N) is 2. The number of amides is 2. The van der Waals surface area contributed by atoms with Crippen LogP contribution in [0.5, 0.6) is 0 Å². The lowest BCUT2D eigenvalue weighted by Crippen LogP contribution is -2.30. The van der Waals surface area contributed by atoms with Crippen LogP contribution in [0.25, 0.3) is 10.9 Å². The predicted molar refractivity (Wildman–Crippen MR) is 96.8 cm³/mol. The first-order valence-electron chi connectivity index (χ1n) is 7.93. The summed E-state index contributed by atoms with van der Waals surface area (Å²) in [5, 5.41) is 3.35. The van der Waals surface area contributed by atoms with E-state index in [0.29, 0.717) is 16.8 Å². The van der Waals surface area contributed by atoms with Gasteiger partial charge in [0.05, 0.1) is 5.56 Å². The highest BCUT2D eigenvalue weighted by atomic mass is 16.5. The molecule has 0 saturated carbocycles. The molecule has 26 heavy (non-hydrogen) atoms. The summed E-state index contributed by atoms with van der Waals surface area (Å²) in [4.78, 5) is 38.6. The summed E-state index contributed by atoms with van der Waals surface area (Å²) in [6.45, 7) is 1.49. The molecule has 4 N–H and O–H groups in total. The van der Waals surface area contributed by atoms with Gasteiger partial charge in [-0.1, -0.05) is 18.2 Å². The maximum Gasteiger partial charge on any atom is 0.341 e. The van der Waals surface area contributed by atoms with Crippen LogP contribution in [-0.2, 0) is 9.53 Å². The third-order valence-corrected chi connectivity index (χ3v) is 3.90. The normalized spacial score (nSPS) is 11.7. The summed E-state index contributed by atoms with van der Waals surface area (Å²) in [5.74, 6) is -1.62. The van der Waals surface area contributed by atoms with Gasteiger partial charge in [0, 0.05) is 28.4 Å². The van der Waals surface area contributed by atoms with Crippen LogP contribution in [0.2, 0.25) is 0 Å². The molecule has 3 aromatic rings. The molecule has 0 unspecified atom stereocenters. The number of hydrogen-bond donors (Lipinski definition) is 3. The number of esters is 1. The zero-order valence-electron chi connectivity index (χ0n) is 14.0. The maximum atomic E-state index is 12.3. The molecule has 1 atom stereocenters. The fourth-order valence-corrected chi connectivity index (χ4v) is 2.48. The van der Waals surface area contributed by atoms with E-state index in [1.165, 1.54) is 19.1 Å². The Balaban J connectivity index is 1.65. The topological polar surface area (TPSA) is 114 Å². The lowest BCUT2D eigenvalue weighted by molar-refractivity contribution is -0.123. The second-order valence-electron chi connectivity index (χ2n) is 5.73. The number of anilines is 1. The molecular weight excluding hydrogens is 334 g/mol. The van der Waals surface area contributed by atoms with Gasteiger partial charge < -0.3 is 20.8 Å². The highest BCUT2D eigenvalue weighted by Crippen LogP contribution is 2.19. The second kappa shape index (κ2) is 7.10. The number of primary amides is 1. The molecule has 132 valence electrons. The summed E-state index contributed by atoms with van der Waals surface area (Å²) in [6.07, 6.45) is 0.562. The number of H-pyrrole nitrogens is 1. The van der Waals surface area contributed by atoms with Gasteiger partial charge in [-0.25, -0.2) is 4.79 Å². The van der Waals surface area contributed by atoms with E-state index >= 15 is 0 Å². The number of aromatic amines is 1. The molecule has 0 saturated heterocycles. The Labute approximate surface area is 149 Å². The van der Waals surface area contributed by atoms with Gasteiger partial charge in [0.15, 0.2) is 6.10 Å². The highest BCUT2D eigenvalue weighted by Gasteiger charge is 2.21. The van der Waals surface area contributed by atoms with Crippen LogP contribution in [-0.4, -0.2) is 28.9 Å². The van der Waals surface area contributed by atoms with Crippen molar-refractivity contribution >= 4 is 34.4 Å². The lowest BCUT2D eigenvalue weighted by atomic mass is 10.2. The van der Waals surface area contributed by atoms with E-state index in [-0.39, 0.29) is 0 Å². The molecule has 1 aromatic heterocycles. The van der Waals surface area contributed by atoms with Crippen molar-refractivity contribution in [2.75, 3.05) is 5.32 Å². The monoisotopic (exact) mass is 351 g/mol. The van der Waals surface area contributed by atoms with E-state index in [9.17, 15) is 14.4 Å². The van der Waals surface area contributed by atoms with Crippen molar-refractivity contribution in [3.8, 4) is 0 Å². The number of para-hydroxylation sites is 1. The SMILES string of the molecule is C[C@@H](OC(=O)c1c[nH]c2ccccc12)C(=O)Nc1ccc(C(N)=O)cc1. The van der Waals surface area contributed by atoms with Crippen LogP contribution in [0.4, 0.5) is 5.69 Å². The van der Waals surface area contributed by atoms with Gasteiger partial charge in [0.25, 0.3) is 5.91 Å². The second-order valence-corrected chi connectivity index (χ2v) is 5.73. The molecule has 1 heterocycles. The van der Waals surface area contributed by atoms with Gasteiger partial charge in [-0.05, 0) is 37.3 Å². The zero-order chi connectivity index (χ0) is 18.7. The molecule has 7 nitrogen and oxygen atoms in total. The van der Waals surface area contributed by atoms with Crippen LogP contribution < -0.4 is 11.1 Å². The van der Waals surface area contributed by atoms with E-state index in [0.717, 1.165) is 10.9 Å². The van der Waals surface area contributed by atoms with Crippen LogP contribution in [0.15, 0.2) is 54.7 Å².